The molecular weight excluding hydrogens is 210 g/mol. The van der Waals surface area contributed by atoms with E-state index in [1.807, 2.05) is 6.08 Å². The van der Waals surface area contributed by atoms with Gasteiger partial charge in [-0.1, -0.05) is 24.6 Å². The highest BCUT2D eigenvalue weighted by atomic mass is 16.1. The predicted octanol–water partition coefficient (Wildman–Crippen LogP) is 2.85. The molecule has 0 saturated heterocycles. The van der Waals surface area contributed by atoms with Gasteiger partial charge in [-0.25, -0.2) is 0 Å². The number of carbonyl (C=O) groups excluding carboxylic acids is 1. The summed E-state index contributed by atoms with van der Waals surface area (Å²) in [5.74, 6) is 0.729. The lowest BCUT2D eigenvalue weighted by atomic mass is 9.87. The molecule has 0 aromatic heterocycles. The Morgan fingerprint density at radius 2 is 2.18 bits per heavy atom. The quantitative estimate of drug-likeness (QED) is 0.679. The summed E-state index contributed by atoms with van der Waals surface area (Å²) in [6, 6.07) is 6.63. The number of benzene rings is 1. The SMILES string of the molecule is Cc1ccc2c(c1)CC(C)C1=CC(=O)CCN12. The molecule has 2 aliphatic heterocycles. The molecule has 1 aromatic carbocycles. The van der Waals surface area contributed by atoms with E-state index in [4.69, 9.17) is 0 Å². The second-order valence-electron chi connectivity index (χ2n) is 5.17. The van der Waals surface area contributed by atoms with Crippen LogP contribution in [-0.4, -0.2) is 12.3 Å². The third-order valence-electron chi connectivity index (χ3n) is 3.76. The topological polar surface area (TPSA) is 20.3 Å². The first-order valence-electron chi connectivity index (χ1n) is 6.26. The van der Waals surface area contributed by atoms with Gasteiger partial charge in [0, 0.05) is 36.3 Å². The number of rotatable bonds is 0. The molecule has 0 N–H and O–H groups in total. The Morgan fingerprint density at radius 1 is 1.35 bits per heavy atom. The lowest BCUT2D eigenvalue weighted by Gasteiger charge is -2.39. The second kappa shape index (κ2) is 3.73. The fourth-order valence-electron chi connectivity index (χ4n) is 2.91. The molecule has 88 valence electrons. The van der Waals surface area contributed by atoms with Crippen molar-refractivity contribution in [1.82, 2.24) is 0 Å². The molecule has 1 aromatic rings. The summed E-state index contributed by atoms with van der Waals surface area (Å²) in [7, 11) is 0. The molecule has 0 saturated carbocycles. The van der Waals surface area contributed by atoms with E-state index in [0.29, 0.717) is 12.3 Å². The van der Waals surface area contributed by atoms with Crippen molar-refractivity contribution >= 4 is 11.5 Å². The number of carbonyl (C=O) groups is 1. The number of hydrogen-bond acceptors (Lipinski definition) is 2. The monoisotopic (exact) mass is 227 g/mol. The van der Waals surface area contributed by atoms with E-state index in [1.165, 1.54) is 22.5 Å². The summed E-state index contributed by atoms with van der Waals surface area (Å²) in [5, 5.41) is 0. The lowest BCUT2D eigenvalue weighted by molar-refractivity contribution is -0.114. The van der Waals surface area contributed by atoms with Crippen LogP contribution in [-0.2, 0) is 11.2 Å². The molecule has 2 heterocycles. The van der Waals surface area contributed by atoms with Gasteiger partial charge in [0.05, 0.1) is 0 Å². The molecule has 2 aliphatic rings. The lowest BCUT2D eigenvalue weighted by Crippen LogP contribution is -2.37. The molecule has 0 bridgehead atoms. The normalized spacial score (nSPS) is 22.9. The molecule has 2 nitrogen and oxygen atoms in total. The van der Waals surface area contributed by atoms with Crippen molar-refractivity contribution in [3.05, 3.63) is 41.1 Å². The molecule has 1 unspecified atom stereocenters. The van der Waals surface area contributed by atoms with Gasteiger partial charge in [0.15, 0.2) is 5.78 Å². The van der Waals surface area contributed by atoms with E-state index in [0.717, 1.165) is 13.0 Å². The highest BCUT2D eigenvalue weighted by Crippen LogP contribution is 2.38. The number of fused-ring (bicyclic) bond motifs is 3. The number of allylic oxidation sites excluding steroid dienone is 2. The van der Waals surface area contributed by atoms with Crippen LogP contribution in [0.15, 0.2) is 30.0 Å². The molecule has 2 heteroatoms. The first-order valence-corrected chi connectivity index (χ1v) is 6.26. The van der Waals surface area contributed by atoms with Gasteiger partial charge in [-0.05, 0) is 25.0 Å². The maximum Gasteiger partial charge on any atom is 0.159 e. The highest BCUT2D eigenvalue weighted by molar-refractivity contribution is 5.93. The van der Waals surface area contributed by atoms with Gasteiger partial charge in [0.25, 0.3) is 0 Å². The van der Waals surface area contributed by atoms with Crippen LogP contribution in [0.4, 0.5) is 5.69 Å². The van der Waals surface area contributed by atoms with E-state index < -0.39 is 0 Å². The fraction of sp³-hybridized carbons (Fsp3) is 0.400. The van der Waals surface area contributed by atoms with Crippen LogP contribution >= 0.6 is 0 Å². The first-order chi connectivity index (χ1) is 8.15. The van der Waals surface area contributed by atoms with E-state index in [2.05, 4.69) is 36.9 Å². The Kier molecular flexibility index (Phi) is 2.32. The standard InChI is InChI=1S/C15H17NO/c1-10-3-4-14-12(7-10)8-11(2)15-9-13(17)5-6-16(14)15/h3-4,7,9,11H,5-6,8H2,1-2H3. The highest BCUT2D eigenvalue weighted by Gasteiger charge is 2.29. The van der Waals surface area contributed by atoms with Crippen LogP contribution in [0.25, 0.3) is 0 Å². The zero-order valence-corrected chi connectivity index (χ0v) is 10.4. The fourth-order valence-corrected chi connectivity index (χ4v) is 2.91. The molecule has 1 atom stereocenters. The summed E-state index contributed by atoms with van der Waals surface area (Å²) in [5.41, 5.74) is 5.24. The second-order valence-corrected chi connectivity index (χ2v) is 5.17. The molecule has 0 fully saturated rings. The van der Waals surface area contributed by atoms with Gasteiger partial charge in [-0.15, -0.1) is 0 Å². The van der Waals surface area contributed by atoms with Crippen LogP contribution in [0, 0.1) is 12.8 Å². The van der Waals surface area contributed by atoms with Crippen molar-refractivity contribution in [2.24, 2.45) is 5.92 Å². The number of nitrogens with zero attached hydrogens (tertiary/aromatic N) is 1. The third-order valence-corrected chi connectivity index (χ3v) is 3.76. The van der Waals surface area contributed by atoms with Crippen LogP contribution < -0.4 is 4.90 Å². The van der Waals surface area contributed by atoms with Crippen LogP contribution in [0.5, 0.6) is 0 Å². The van der Waals surface area contributed by atoms with Gasteiger partial charge < -0.3 is 4.90 Å². The van der Waals surface area contributed by atoms with Crippen molar-refractivity contribution in [2.45, 2.75) is 26.7 Å². The Morgan fingerprint density at radius 3 is 3.00 bits per heavy atom. The molecule has 0 aliphatic carbocycles. The summed E-state index contributed by atoms with van der Waals surface area (Å²) >= 11 is 0. The predicted molar refractivity (Wildman–Crippen MR) is 69.1 cm³/mol. The summed E-state index contributed by atoms with van der Waals surface area (Å²) in [6.07, 6.45) is 3.53. The van der Waals surface area contributed by atoms with Crippen LogP contribution in [0.3, 0.4) is 0 Å². The minimum absolute atomic E-state index is 0.277. The molecule has 0 spiro atoms. The number of anilines is 1. The van der Waals surface area contributed by atoms with E-state index >= 15 is 0 Å². The average Bonchev–Trinajstić information content (AvgIpc) is 2.29. The summed E-state index contributed by atoms with van der Waals surface area (Å²) < 4.78 is 0. The molecule has 3 rings (SSSR count). The first kappa shape index (κ1) is 10.6. The number of aryl methyl sites for hydroxylation is 1. The number of hydrogen-bond donors (Lipinski definition) is 0. The van der Waals surface area contributed by atoms with Crippen LogP contribution in [0.1, 0.15) is 24.5 Å². The van der Waals surface area contributed by atoms with E-state index in [1.54, 1.807) is 0 Å². The van der Waals surface area contributed by atoms with Crippen LogP contribution in [0.2, 0.25) is 0 Å². The largest absolute Gasteiger partial charge is 0.344 e. The minimum Gasteiger partial charge on any atom is -0.344 e. The van der Waals surface area contributed by atoms with Gasteiger partial charge in [0.1, 0.15) is 0 Å². The van der Waals surface area contributed by atoms with Crippen molar-refractivity contribution < 1.29 is 4.79 Å². The number of ketones is 1. The van der Waals surface area contributed by atoms with Gasteiger partial charge in [-0.3, -0.25) is 4.79 Å². The smallest absolute Gasteiger partial charge is 0.159 e. The van der Waals surface area contributed by atoms with Crippen molar-refractivity contribution in [3.8, 4) is 0 Å². The van der Waals surface area contributed by atoms with Crippen molar-refractivity contribution in [2.75, 3.05) is 11.4 Å². The van der Waals surface area contributed by atoms with E-state index in [-0.39, 0.29) is 5.78 Å². The molecule has 0 amide bonds. The summed E-state index contributed by atoms with van der Waals surface area (Å²) in [6.45, 7) is 5.18. The van der Waals surface area contributed by atoms with Gasteiger partial charge in [0.2, 0.25) is 0 Å². The minimum atomic E-state index is 0.277. The van der Waals surface area contributed by atoms with Gasteiger partial charge in [-0.2, -0.15) is 0 Å². The average molecular weight is 227 g/mol. The molecular formula is C15H17NO. The van der Waals surface area contributed by atoms with Crippen molar-refractivity contribution in [3.63, 3.8) is 0 Å². The zero-order chi connectivity index (χ0) is 12.0. The maximum atomic E-state index is 11.5. The maximum absolute atomic E-state index is 11.5. The third kappa shape index (κ3) is 1.68. The Balaban J connectivity index is 2.12. The Labute approximate surface area is 102 Å². The zero-order valence-electron chi connectivity index (χ0n) is 10.4. The Bertz CT molecular complexity index is 516. The van der Waals surface area contributed by atoms with Gasteiger partial charge >= 0.3 is 0 Å². The molecule has 17 heavy (non-hydrogen) atoms. The van der Waals surface area contributed by atoms with E-state index in [9.17, 15) is 4.79 Å². The Hall–Kier alpha value is -1.57. The summed E-state index contributed by atoms with van der Waals surface area (Å²) in [4.78, 5) is 13.9. The molecule has 0 radical (unpaired) electrons. The van der Waals surface area contributed by atoms with Crippen molar-refractivity contribution in [1.29, 1.82) is 0 Å².